The standard InChI is InChI=1S/C18H33N5S/c1-6-19-18(20-11-17-21-14(4)15(5)24-17)23-10-9-16(13-23)12-22(7-2)8-3/h16H,6-13H2,1-5H3,(H,19,20). The minimum Gasteiger partial charge on any atom is -0.357 e. The zero-order chi connectivity index (χ0) is 17.5. The summed E-state index contributed by atoms with van der Waals surface area (Å²) in [6.07, 6.45) is 1.26. The summed E-state index contributed by atoms with van der Waals surface area (Å²) in [4.78, 5) is 15.7. The molecule has 1 N–H and O–H groups in total. The van der Waals surface area contributed by atoms with E-state index < -0.39 is 0 Å². The van der Waals surface area contributed by atoms with Crippen molar-refractivity contribution in [1.82, 2.24) is 20.1 Å². The molecule has 136 valence electrons. The lowest BCUT2D eigenvalue weighted by Crippen LogP contribution is -2.40. The number of nitrogens with one attached hydrogen (secondary N) is 1. The van der Waals surface area contributed by atoms with Crippen molar-refractivity contribution in [3.63, 3.8) is 0 Å². The van der Waals surface area contributed by atoms with Crippen LogP contribution < -0.4 is 5.32 Å². The van der Waals surface area contributed by atoms with E-state index in [0.29, 0.717) is 6.54 Å². The molecule has 6 heteroatoms. The van der Waals surface area contributed by atoms with Crippen molar-refractivity contribution in [2.45, 2.75) is 47.6 Å². The molecule has 1 fully saturated rings. The van der Waals surface area contributed by atoms with Gasteiger partial charge in [-0.25, -0.2) is 9.98 Å². The van der Waals surface area contributed by atoms with Gasteiger partial charge in [-0.1, -0.05) is 13.8 Å². The third-order valence-electron chi connectivity index (χ3n) is 4.77. The molecule has 1 aromatic rings. The van der Waals surface area contributed by atoms with Crippen LogP contribution in [0.15, 0.2) is 4.99 Å². The maximum Gasteiger partial charge on any atom is 0.194 e. The smallest absolute Gasteiger partial charge is 0.194 e. The van der Waals surface area contributed by atoms with E-state index in [-0.39, 0.29) is 0 Å². The average Bonchev–Trinajstić information content (AvgIpc) is 3.16. The molecule has 5 nitrogen and oxygen atoms in total. The quantitative estimate of drug-likeness (QED) is 0.606. The van der Waals surface area contributed by atoms with Gasteiger partial charge in [0.25, 0.3) is 0 Å². The Morgan fingerprint density at radius 2 is 2.08 bits per heavy atom. The molecular weight excluding hydrogens is 318 g/mol. The number of aryl methyl sites for hydroxylation is 2. The van der Waals surface area contributed by atoms with Crippen LogP contribution in [0.3, 0.4) is 0 Å². The largest absolute Gasteiger partial charge is 0.357 e. The van der Waals surface area contributed by atoms with Gasteiger partial charge in [-0.15, -0.1) is 11.3 Å². The van der Waals surface area contributed by atoms with Crippen LogP contribution in [-0.4, -0.2) is 60.0 Å². The Labute approximate surface area is 151 Å². The van der Waals surface area contributed by atoms with Crippen LogP contribution in [0, 0.1) is 19.8 Å². The fourth-order valence-electron chi connectivity index (χ4n) is 3.20. The highest BCUT2D eigenvalue weighted by molar-refractivity contribution is 7.11. The molecule has 0 bridgehead atoms. The first kappa shape index (κ1) is 19.2. The highest BCUT2D eigenvalue weighted by Gasteiger charge is 2.25. The van der Waals surface area contributed by atoms with Gasteiger partial charge < -0.3 is 15.1 Å². The van der Waals surface area contributed by atoms with Gasteiger partial charge in [0.05, 0.1) is 12.2 Å². The first-order valence-corrected chi connectivity index (χ1v) is 10.1. The zero-order valence-corrected chi connectivity index (χ0v) is 16.7. The number of aromatic nitrogens is 1. The Balaban J connectivity index is 1.96. The van der Waals surface area contributed by atoms with Crippen molar-refractivity contribution in [2.24, 2.45) is 10.9 Å². The van der Waals surface area contributed by atoms with Crippen molar-refractivity contribution in [2.75, 3.05) is 39.3 Å². The summed E-state index contributed by atoms with van der Waals surface area (Å²) in [7, 11) is 0. The Morgan fingerprint density at radius 3 is 2.67 bits per heavy atom. The van der Waals surface area contributed by atoms with Gasteiger partial charge in [-0.05, 0) is 46.2 Å². The van der Waals surface area contributed by atoms with Crippen molar-refractivity contribution >= 4 is 17.3 Å². The van der Waals surface area contributed by atoms with Gasteiger partial charge in [-0.2, -0.15) is 0 Å². The van der Waals surface area contributed by atoms with Gasteiger partial charge in [0.2, 0.25) is 0 Å². The molecule has 1 aromatic heterocycles. The number of likely N-dealkylation sites (tertiary alicyclic amines) is 1. The maximum absolute atomic E-state index is 4.84. The first-order valence-electron chi connectivity index (χ1n) is 9.25. The van der Waals surface area contributed by atoms with E-state index in [1.54, 1.807) is 11.3 Å². The fraction of sp³-hybridized carbons (Fsp3) is 0.778. The van der Waals surface area contributed by atoms with Crippen LogP contribution in [0.1, 0.15) is 42.8 Å². The van der Waals surface area contributed by atoms with E-state index in [4.69, 9.17) is 4.99 Å². The summed E-state index contributed by atoms with van der Waals surface area (Å²) in [5.41, 5.74) is 1.13. The second-order valence-electron chi connectivity index (χ2n) is 6.51. The number of guanidine groups is 1. The maximum atomic E-state index is 4.84. The Morgan fingerprint density at radius 1 is 1.33 bits per heavy atom. The summed E-state index contributed by atoms with van der Waals surface area (Å²) in [6, 6.07) is 0. The minimum absolute atomic E-state index is 0.679. The fourth-order valence-corrected chi connectivity index (χ4v) is 4.05. The van der Waals surface area contributed by atoms with Crippen LogP contribution in [0.25, 0.3) is 0 Å². The van der Waals surface area contributed by atoms with E-state index in [2.05, 4.69) is 54.7 Å². The molecule has 0 aromatic carbocycles. The van der Waals surface area contributed by atoms with Crippen molar-refractivity contribution in [3.05, 3.63) is 15.6 Å². The SMILES string of the molecule is CCNC(=NCc1nc(C)c(C)s1)N1CCC(CN(CC)CC)C1. The van der Waals surface area contributed by atoms with Gasteiger partial charge in [0, 0.05) is 31.1 Å². The van der Waals surface area contributed by atoms with Crippen LogP contribution in [0.4, 0.5) is 0 Å². The summed E-state index contributed by atoms with van der Waals surface area (Å²) in [5, 5.41) is 4.57. The number of hydrogen-bond donors (Lipinski definition) is 1. The lowest BCUT2D eigenvalue weighted by Gasteiger charge is -2.24. The van der Waals surface area contributed by atoms with Crippen LogP contribution in [0.5, 0.6) is 0 Å². The molecule has 2 rings (SSSR count). The second-order valence-corrected chi connectivity index (χ2v) is 7.79. The molecule has 0 spiro atoms. The normalized spacial score (nSPS) is 18.7. The summed E-state index contributed by atoms with van der Waals surface area (Å²) < 4.78 is 0. The van der Waals surface area contributed by atoms with Crippen molar-refractivity contribution in [1.29, 1.82) is 0 Å². The molecule has 1 atom stereocenters. The van der Waals surface area contributed by atoms with E-state index in [1.807, 2.05) is 0 Å². The first-order chi connectivity index (χ1) is 11.6. The highest BCUT2D eigenvalue weighted by Crippen LogP contribution is 2.19. The van der Waals surface area contributed by atoms with Crippen LogP contribution >= 0.6 is 11.3 Å². The third-order valence-corrected chi connectivity index (χ3v) is 5.83. The van der Waals surface area contributed by atoms with Crippen LogP contribution in [-0.2, 0) is 6.54 Å². The molecule has 2 heterocycles. The summed E-state index contributed by atoms with van der Waals surface area (Å²) in [5.74, 6) is 1.79. The molecule has 0 aliphatic carbocycles. The molecule has 24 heavy (non-hydrogen) atoms. The van der Waals surface area contributed by atoms with Crippen LogP contribution in [0.2, 0.25) is 0 Å². The molecule has 1 aliphatic heterocycles. The van der Waals surface area contributed by atoms with E-state index in [0.717, 1.165) is 55.3 Å². The summed E-state index contributed by atoms with van der Waals surface area (Å²) in [6.45, 7) is 18.1. The average molecular weight is 352 g/mol. The lowest BCUT2D eigenvalue weighted by atomic mass is 10.1. The van der Waals surface area contributed by atoms with Gasteiger partial charge in [0.1, 0.15) is 5.01 Å². The predicted octanol–water partition coefficient (Wildman–Crippen LogP) is 2.89. The number of thiazole rings is 1. The monoisotopic (exact) mass is 351 g/mol. The molecule has 0 saturated carbocycles. The Kier molecular flexibility index (Phi) is 7.49. The van der Waals surface area contributed by atoms with E-state index >= 15 is 0 Å². The predicted molar refractivity (Wildman–Crippen MR) is 104 cm³/mol. The highest BCUT2D eigenvalue weighted by atomic mass is 32.1. The zero-order valence-electron chi connectivity index (χ0n) is 15.9. The van der Waals surface area contributed by atoms with E-state index in [1.165, 1.54) is 17.8 Å². The molecule has 0 amide bonds. The number of rotatable bonds is 7. The van der Waals surface area contributed by atoms with Gasteiger partial charge in [-0.3, -0.25) is 0 Å². The Bertz CT molecular complexity index is 516. The van der Waals surface area contributed by atoms with Gasteiger partial charge in [0.15, 0.2) is 5.96 Å². The third kappa shape index (κ3) is 5.18. The van der Waals surface area contributed by atoms with Crippen molar-refractivity contribution in [3.8, 4) is 0 Å². The van der Waals surface area contributed by atoms with E-state index in [9.17, 15) is 0 Å². The molecule has 0 radical (unpaired) electrons. The molecular formula is C18H33N5S. The van der Waals surface area contributed by atoms with Crippen molar-refractivity contribution < 1.29 is 0 Å². The molecule has 1 unspecified atom stereocenters. The number of hydrogen-bond acceptors (Lipinski definition) is 4. The lowest BCUT2D eigenvalue weighted by molar-refractivity contribution is 0.255. The number of nitrogens with zero attached hydrogens (tertiary/aromatic N) is 4. The second kappa shape index (κ2) is 9.37. The number of aliphatic imine (C=N–C) groups is 1. The minimum atomic E-state index is 0.679. The molecule has 1 saturated heterocycles. The summed E-state index contributed by atoms with van der Waals surface area (Å²) >= 11 is 1.76. The topological polar surface area (TPSA) is 43.8 Å². The Hall–Kier alpha value is -1.14. The van der Waals surface area contributed by atoms with Gasteiger partial charge >= 0.3 is 0 Å². The molecule has 1 aliphatic rings.